The largest absolute Gasteiger partial charge is 0.310 e. The van der Waals surface area contributed by atoms with Crippen molar-refractivity contribution in [3.63, 3.8) is 0 Å². The van der Waals surface area contributed by atoms with E-state index >= 15 is 0 Å². The van der Waals surface area contributed by atoms with E-state index in [0.717, 1.165) is 27.4 Å². The first-order chi connectivity index (χ1) is 9.10. The molecule has 0 aliphatic rings. The molecule has 1 nitrogen and oxygen atoms in total. The minimum Gasteiger partial charge on any atom is -0.310 e. The van der Waals surface area contributed by atoms with Crippen molar-refractivity contribution in [3.05, 3.63) is 56.7 Å². The van der Waals surface area contributed by atoms with E-state index in [9.17, 15) is 8.78 Å². The predicted octanol–water partition coefficient (Wildman–Crippen LogP) is 4.57. The number of rotatable bonds is 5. The molecular formula is C14H14ClF2NS. The second-order valence-electron chi connectivity index (χ2n) is 4.19. The third kappa shape index (κ3) is 3.75. The highest BCUT2D eigenvalue weighted by atomic mass is 35.5. The maximum atomic E-state index is 13.3. The van der Waals surface area contributed by atoms with Crippen LogP contribution in [0.5, 0.6) is 0 Å². The Balaban J connectivity index is 2.21. The molecule has 0 fully saturated rings. The van der Waals surface area contributed by atoms with E-state index in [2.05, 4.69) is 5.32 Å². The van der Waals surface area contributed by atoms with Gasteiger partial charge in [-0.25, -0.2) is 8.78 Å². The molecule has 0 saturated heterocycles. The Morgan fingerprint density at radius 1 is 1.21 bits per heavy atom. The normalized spacial score (nSPS) is 12.6. The van der Waals surface area contributed by atoms with E-state index in [0.29, 0.717) is 6.42 Å². The zero-order valence-corrected chi connectivity index (χ0v) is 12.0. The molecule has 0 saturated carbocycles. The van der Waals surface area contributed by atoms with Gasteiger partial charge in [0.1, 0.15) is 0 Å². The van der Waals surface area contributed by atoms with E-state index in [1.807, 2.05) is 19.1 Å². The molecule has 0 bridgehead atoms. The van der Waals surface area contributed by atoms with Gasteiger partial charge in [0.05, 0.1) is 4.34 Å². The highest BCUT2D eigenvalue weighted by Gasteiger charge is 2.14. The smallest absolute Gasteiger partial charge is 0.159 e. The first kappa shape index (κ1) is 14.4. The van der Waals surface area contributed by atoms with Crippen LogP contribution in [0, 0.1) is 11.6 Å². The topological polar surface area (TPSA) is 12.0 Å². The Labute approximate surface area is 120 Å². The van der Waals surface area contributed by atoms with Crippen LogP contribution in [0.25, 0.3) is 0 Å². The Kier molecular flexibility index (Phi) is 4.91. The van der Waals surface area contributed by atoms with Gasteiger partial charge in [-0.2, -0.15) is 0 Å². The van der Waals surface area contributed by atoms with Crippen LogP contribution in [0.2, 0.25) is 4.34 Å². The molecule has 1 unspecified atom stereocenters. The standard InChI is InChI=1S/C14H14ClF2NS/c1-2-18-13(8-10-4-6-14(15)19-10)9-3-5-11(16)12(17)7-9/h3-7,13,18H,2,8H2,1H3. The number of hydrogen-bond acceptors (Lipinski definition) is 2. The summed E-state index contributed by atoms with van der Waals surface area (Å²) in [5, 5.41) is 3.28. The molecule has 0 radical (unpaired) electrons. The fourth-order valence-corrected chi connectivity index (χ4v) is 3.08. The van der Waals surface area contributed by atoms with Crippen molar-refractivity contribution in [2.24, 2.45) is 0 Å². The van der Waals surface area contributed by atoms with Crippen LogP contribution in [0.3, 0.4) is 0 Å². The molecule has 0 aliphatic carbocycles. The summed E-state index contributed by atoms with van der Waals surface area (Å²) in [5.41, 5.74) is 0.741. The van der Waals surface area contributed by atoms with Crippen LogP contribution in [-0.4, -0.2) is 6.54 Å². The average molecular weight is 302 g/mol. The highest BCUT2D eigenvalue weighted by Crippen LogP contribution is 2.27. The van der Waals surface area contributed by atoms with Gasteiger partial charge in [-0.3, -0.25) is 0 Å². The third-order valence-corrected chi connectivity index (χ3v) is 4.08. The highest BCUT2D eigenvalue weighted by molar-refractivity contribution is 7.16. The molecule has 19 heavy (non-hydrogen) atoms. The summed E-state index contributed by atoms with van der Waals surface area (Å²) in [5.74, 6) is -1.64. The number of hydrogen-bond donors (Lipinski definition) is 1. The van der Waals surface area contributed by atoms with Gasteiger partial charge in [0.2, 0.25) is 0 Å². The Bertz CT molecular complexity index is 556. The van der Waals surface area contributed by atoms with Crippen LogP contribution in [0.15, 0.2) is 30.3 Å². The molecule has 2 rings (SSSR count). The summed E-state index contributed by atoms with van der Waals surface area (Å²) in [4.78, 5) is 1.11. The molecule has 0 aliphatic heterocycles. The fourth-order valence-electron chi connectivity index (χ4n) is 1.95. The van der Waals surface area contributed by atoms with Gasteiger partial charge >= 0.3 is 0 Å². The summed E-state index contributed by atoms with van der Waals surface area (Å²) in [6, 6.07) is 7.78. The number of likely N-dealkylation sites (N-methyl/N-ethyl adjacent to an activating group) is 1. The molecule has 1 aromatic carbocycles. The second kappa shape index (κ2) is 6.46. The molecule has 102 valence electrons. The van der Waals surface area contributed by atoms with E-state index in [-0.39, 0.29) is 6.04 Å². The molecule has 1 atom stereocenters. The van der Waals surface area contributed by atoms with Crippen molar-refractivity contribution >= 4 is 22.9 Å². The maximum absolute atomic E-state index is 13.3. The number of benzene rings is 1. The first-order valence-electron chi connectivity index (χ1n) is 6.02. The van der Waals surface area contributed by atoms with E-state index < -0.39 is 11.6 Å². The lowest BCUT2D eigenvalue weighted by atomic mass is 10.0. The summed E-state index contributed by atoms with van der Waals surface area (Å²) >= 11 is 7.40. The number of nitrogens with one attached hydrogen (secondary N) is 1. The zero-order chi connectivity index (χ0) is 13.8. The van der Waals surface area contributed by atoms with E-state index in [4.69, 9.17) is 11.6 Å². The third-order valence-electron chi connectivity index (χ3n) is 2.83. The van der Waals surface area contributed by atoms with Crippen molar-refractivity contribution in [3.8, 4) is 0 Å². The van der Waals surface area contributed by atoms with Gasteiger partial charge in [-0.1, -0.05) is 24.6 Å². The van der Waals surface area contributed by atoms with Crippen LogP contribution in [-0.2, 0) is 6.42 Å². The fraction of sp³-hybridized carbons (Fsp3) is 0.286. The van der Waals surface area contributed by atoms with Crippen LogP contribution in [0.1, 0.15) is 23.4 Å². The SMILES string of the molecule is CCNC(Cc1ccc(Cl)s1)c1ccc(F)c(F)c1. The second-order valence-corrected chi connectivity index (χ2v) is 5.99. The zero-order valence-electron chi connectivity index (χ0n) is 10.4. The summed E-state index contributed by atoms with van der Waals surface area (Å²) in [7, 11) is 0. The molecular weight excluding hydrogens is 288 g/mol. The predicted molar refractivity (Wildman–Crippen MR) is 75.8 cm³/mol. The molecule has 2 aromatic rings. The molecule has 0 spiro atoms. The monoisotopic (exact) mass is 301 g/mol. The average Bonchev–Trinajstić information content (AvgIpc) is 2.78. The molecule has 1 aromatic heterocycles. The Hall–Kier alpha value is -0.970. The van der Waals surface area contributed by atoms with Crippen LogP contribution < -0.4 is 5.32 Å². The minimum atomic E-state index is -0.821. The molecule has 1 N–H and O–H groups in total. The first-order valence-corrected chi connectivity index (χ1v) is 7.22. The van der Waals surface area contributed by atoms with Crippen LogP contribution >= 0.6 is 22.9 Å². The number of halogens is 3. The quantitative estimate of drug-likeness (QED) is 0.853. The van der Waals surface area contributed by atoms with Gasteiger partial charge in [0.15, 0.2) is 11.6 Å². The lowest BCUT2D eigenvalue weighted by Gasteiger charge is -2.17. The van der Waals surface area contributed by atoms with Gasteiger partial charge in [0.25, 0.3) is 0 Å². The van der Waals surface area contributed by atoms with Crippen molar-refractivity contribution in [2.45, 2.75) is 19.4 Å². The lowest BCUT2D eigenvalue weighted by molar-refractivity contribution is 0.497. The molecule has 0 amide bonds. The minimum absolute atomic E-state index is 0.0465. The van der Waals surface area contributed by atoms with Crippen molar-refractivity contribution in [1.82, 2.24) is 5.32 Å². The lowest BCUT2D eigenvalue weighted by Crippen LogP contribution is -2.22. The van der Waals surface area contributed by atoms with Gasteiger partial charge < -0.3 is 5.32 Å². The van der Waals surface area contributed by atoms with E-state index in [1.165, 1.54) is 17.4 Å². The van der Waals surface area contributed by atoms with Gasteiger partial charge in [0, 0.05) is 17.3 Å². The number of thiophene rings is 1. The summed E-state index contributed by atoms with van der Waals surface area (Å²) < 4.78 is 27.0. The molecule has 5 heteroatoms. The van der Waals surface area contributed by atoms with Crippen LogP contribution in [0.4, 0.5) is 8.78 Å². The van der Waals surface area contributed by atoms with Gasteiger partial charge in [-0.15, -0.1) is 11.3 Å². The Morgan fingerprint density at radius 3 is 2.58 bits per heavy atom. The Morgan fingerprint density at radius 2 is 2.00 bits per heavy atom. The van der Waals surface area contributed by atoms with E-state index in [1.54, 1.807) is 6.07 Å². The summed E-state index contributed by atoms with van der Waals surface area (Å²) in [6.45, 7) is 2.73. The summed E-state index contributed by atoms with van der Waals surface area (Å²) in [6.07, 6.45) is 0.705. The van der Waals surface area contributed by atoms with Crippen molar-refractivity contribution in [1.29, 1.82) is 0 Å². The van der Waals surface area contributed by atoms with Crippen molar-refractivity contribution < 1.29 is 8.78 Å². The maximum Gasteiger partial charge on any atom is 0.159 e. The van der Waals surface area contributed by atoms with Crippen molar-refractivity contribution in [2.75, 3.05) is 6.54 Å². The molecule has 1 heterocycles. The van der Waals surface area contributed by atoms with Gasteiger partial charge in [-0.05, 0) is 36.4 Å².